The van der Waals surface area contributed by atoms with Crippen molar-refractivity contribution in [1.29, 1.82) is 0 Å². The molecular formula is C9H15N3O2S. The van der Waals surface area contributed by atoms with Crippen molar-refractivity contribution in [3.8, 4) is 0 Å². The zero-order chi connectivity index (χ0) is 11.3. The number of nitrogens with zero attached hydrogens (tertiary/aromatic N) is 3. The average Bonchev–Trinajstić information content (AvgIpc) is 2.63. The largest absolute Gasteiger partial charge is 0.481 e. The van der Waals surface area contributed by atoms with Crippen LogP contribution in [0.4, 0.5) is 5.13 Å². The molecule has 15 heavy (non-hydrogen) atoms. The Hall–Kier alpha value is -1.17. The highest BCUT2D eigenvalue weighted by atomic mass is 32.1. The molecule has 0 saturated carbocycles. The number of aliphatic carboxylic acids is 1. The first-order valence-electron chi connectivity index (χ1n) is 4.86. The molecule has 6 heteroatoms. The van der Waals surface area contributed by atoms with Crippen molar-refractivity contribution in [1.82, 2.24) is 10.2 Å². The number of rotatable bonds is 6. The van der Waals surface area contributed by atoms with E-state index in [1.165, 1.54) is 11.3 Å². The third kappa shape index (κ3) is 3.83. The molecule has 0 spiro atoms. The minimum absolute atomic E-state index is 0.196. The standard InChI is InChI=1S/C9H15N3O2S/c1-7(2)12(5-3-4-8(13)14)9-11-10-6-15-9/h6-7H,3-5H2,1-2H3,(H,13,14). The fraction of sp³-hybridized carbons (Fsp3) is 0.667. The third-order valence-electron chi connectivity index (χ3n) is 2.01. The Labute approximate surface area is 92.7 Å². The summed E-state index contributed by atoms with van der Waals surface area (Å²) in [6.07, 6.45) is 0.828. The summed E-state index contributed by atoms with van der Waals surface area (Å²) in [7, 11) is 0. The molecule has 1 aromatic heterocycles. The van der Waals surface area contributed by atoms with Gasteiger partial charge in [0.15, 0.2) is 0 Å². The lowest BCUT2D eigenvalue weighted by atomic mass is 10.2. The van der Waals surface area contributed by atoms with Gasteiger partial charge in [0.1, 0.15) is 5.51 Å². The fourth-order valence-electron chi connectivity index (χ4n) is 1.27. The molecule has 0 aliphatic rings. The maximum absolute atomic E-state index is 10.4. The monoisotopic (exact) mass is 229 g/mol. The smallest absolute Gasteiger partial charge is 0.303 e. The molecule has 0 radical (unpaired) electrons. The van der Waals surface area contributed by atoms with Crippen LogP contribution in [0.5, 0.6) is 0 Å². The van der Waals surface area contributed by atoms with Crippen LogP contribution < -0.4 is 4.90 Å². The summed E-state index contributed by atoms with van der Waals surface area (Å²) in [5.41, 5.74) is 1.68. The lowest BCUT2D eigenvalue weighted by Gasteiger charge is -2.25. The number of aromatic nitrogens is 2. The second-order valence-electron chi connectivity index (χ2n) is 3.51. The predicted molar refractivity (Wildman–Crippen MR) is 59.3 cm³/mol. The summed E-state index contributed by atoms with van der Waals surface area (Å²) in [6.45, 7) is 4.82. The zero-order valence-corrected chi connectivity index (χ0v) is 9.70. The van der Waals surface area contributed by atoms with E-state index in [-0.39, 0.29) is 6.42 Å². The summed E-state index contributed by atoms with van der Waals surface area (Å²) < 4.78 is 0. The van der Waals surface area contributed by atoms with Crippen LogP contribution in [0.3, 0.4) is 0 Å². The lowest BCUT2D eigenvalue weighted by Crippen LogP contribution is -2.31. The van der Waals surface area contributed by atoms with Crippen molar-refractivity contribution in [3.05, 3.63) is 5.51 Å². The van der Waals surface area contributed by atoms with E-state index >= 15 is 0 Å². The van der Waals surface area contributed by atoms with Crippen LogP contribution in [-0.4, -0.2) is 33.9 Å². The van der Waals surface area contributed by atoms with E-state index in [0.29, 0.717) is 19.0 Å². The van der Waals surface area contributed by atoms with Crippen molar-refractivity contribution in [2.24, 2.45) is 0 Å². The molecule has 0 amide bonds. The first kappa shape index (κ1) is 11.9. The van der Waals surface area contributed by atoms with Gasteiger partial charge in [-0.2, -0.15) is 0 Å². The molecule has 0 saturated heterocycles. The molecule has 1 heterocycles. The number of hydrogen-bond acceptors (Lipinski definition) is 5. The summed E-state index contributed by atoms with van der Waals surface area (Å²) in [4.78, 5) is 12.5. The number of carboxylic acid groups (broad SMARTS) is 1. The Balaban J connectivity index is 2.49. The molecule has 84 valence electrons. The summed E-state index contributed by atoms with van der Waals surface area (Å²) >= 11 is 1.47. The van der Waals surface area contributed by atoms with Crippen LogP contribution in [-0.2, 0) is 4.79 Å². The second-order valence-corrected chi connectivity index (χ2v) is 4.32. The molecule has 1 N–H and O–H groups in total. The summed E-state index contributed by atoms with van der Waals surface area (Å²) in [6, 6.07) is 0.312. The highest BCUT2D eigenvalue weighted by molar-refractivity contribution is 7.13. The van der Waals surface area contributed by atoms with E-state index in [9.17, 15) is 4.79 Å². The van der Waals surface area contributed by atoms with Gasteiger partial charge in [-0.3, -0.25) is 4.79 Å². The number of anilines is 1. The highest BCUT2D eigenvalue weighted by Crippen LogP contribution is 2.18. The number of carbonyl (C=O) groups is 1. The van der Waals surface area contributed by atoms with Gasteiger partial charge < -0.3 is 10.0 Å². The molecular weight excluding hydrogens is 214 g/mol. The van der Waals surface area contributed by atoms with Crippen LogP contribution in [0, 0.1) is 0 Å². The van der Waals surface area contributed by atoms with E-state index in [1.54, 1.807) is 5.51 Å². The molecule has 0 aliphatic heterocycles. The van der Waals surface area contributed by atoms with Gasteiger partial charge in [-0.15, -0.1) is 10.2 Å². The highest BCUT2D eigenvalue weighted by Gasteiger charge is 2.13. The quantitative estimate of drug-likeness (QED) is 0.802. The fourth-order valence-corrected chi connectivity index (χ4v) is 1.99. The minimum atomic E-state index is -0.754. The topological polar surface area (TPSA) is 66.3 Å². The molecule has 1 rings (SSSR count). The summed E-state index contributed by atoms with van der Waals surface area (Å²) in [5, 5.41) is 17.2. The predicted octanol–water partition coefficient (Wildman–Crippen LogP) is 1.62. The molecule has 0 aromatic carbocycles. The zero-order valence-electron chi connectivity index (χ0n) is 8.88. The third-order valence-corrected chi connectivity index (χ3v) is 2.73. The maximum atomic E-state index is 10.4. The van der Waals surface area contributed by atoms with E-state index < -0.39 is 5.97 Å². The van der Waals surface area contributed by atoms with Gasteiger partial charge >= 0.3 is 5.97 Å². The van der Waals surface area contributed by atoms with Crippen molar-refractivity contribution in [2.75, 3.05) is 11.4 Å². The number of carboxylic acids is 1. The Kier molecular flexibility index (Phi) is 4.48. The van der Waals surface area contributed by atoms with Gasteiger partial charge in [0, 0.05) is 19.0 Å². The van der Waals surface area contributed by atoms with Crippen LogP contribution in [0.2, 0.25) is 0 Å². The van der Waals surface area contributed by atoms with E-state index in [4.69, 9.17) is 5.11 Å². The first-order valence-corrected chi connectivity index (χ1v) is 5.74. The second kappa shape index (κ2) is 5.65. The van der Waals surface area contributed by atoms with E-state index in [2.05, 4.69) is 28.9 Å². The van der Waals surface area contributed by atoms with Gasteiger partial charge in [-0.1, -0.05) is 11.3 Å². The van der Waals surface area contributed by atoms with Crippen LogP contribution in [0.1, 0.15) is 26.7 Å². The normalized spacial score (nSPS) is 10.6. The first-order chi connectivity index (χ1) is 7.11. The molecule has 0 unspecified atom stereocenters. The van der Waals surface area contributed by atoms with E-state index in [0.717, 1.165) is 5.13 Å². The van der Waals surface area contributed by atoms with Crippen molar-refractivity contribution >= 4 is 22.4 Å². The Bertz CT molecular complexity index is 300. The minimum Gasteiger partial charge on any atom is -0.481 e. The molecule has 0 aliphatic carbocycles. The van der Waals surface area contributed by atoms with Crippen molar-refractivity contribution in [3.63, 3.8) is 0 Å². The van der Waals surface area contributed by atoms with Crippen LogP contribution in [0.15, 0.2) is 5.51 Å². The lowest BCUT2D eigenvalue weighted by molar-refractivity contribution is -0.137. The Morgan fingerprint density at radius 1 is 1.67 bits per heavy atom. The van der Waals surface area contributed by atoms with Crippen molar-refractivity contribution < 1.29 is 9.90 Å². The Morgan fingerprint density at radius 2 is 2.40 bits per heavy atom. The van der Waals surface area contributed by atoms with Crippen LogP contribution in [0.25, 0.3) is 0 Å². The van der Waals surface area contributed by atoms with Crippen molar-refractivity contribution in [2.45, 2.75) is 32.7 Å². The van der Waals surface area contributed by atoms with Gasteiger partial charge in [0.2, 0.25) is 5.13 Å². The summed E-state index contributed by atoms with van der Waals surface area (Å²) in [5.74, 6) is -0.754. The molecule has 5 nitrogen and oxygen atoms in total. The molecule has 0 atom stereocenters. The molecule has 0 bridgehead atoms. The van der Waals surface area contributed by atoms with Crippen LogP contribution >= 0.6 is 11.3 Å². The SMILES string of the molecule is CC(C)N(CCCC(=O)O)c1nncs1. The molecule has 0 fully saturated rings. The average molecular weight is 229 g/mol. The number of hydrogen-bond donors (Lipinski definition) is 1. The van der Waals surface area contributed by atoms with Gasteiger partial charge in [0.05, 0.1) is 0 Å². The Morgan fingerprint density at radius 3 is 2.87 bits per heavy atom. The van der Waals surface area contributed by atoms with Gasteiger partial charge in [-0.05, 0) is 20.3 Å². The van der Waals surface area contributed by atoms with Gasteiger partial charge in [-0.25, -0.2) is 0 Å². The maximum Gasteiger partial charge on any atom is 0.303 e. The molecule has 1 aromatic rings. The van der Waals surface area contributed by atoms with E-state index in [1.807, 2.05) is 0 Å². The van der Waals surface area contributed by atoms with Gasteiger partial charge in [0.25, 0.3) is 0 Å².